The molecular weight excluding hydrogens is 254 g/mol. The molecule has 0 saturated carbocycles. The van der Waals surface area contributed by atoms with Crippen LogP contribution in [0.4, 0.5) is 0 Å². The molecule has 2 rings (SSSR count). The van der Waals surface area contributed by atoms with Gasteiger partial charge in [0.15, 0.2) is 9.84 Å². The van der Waals surface area contributed by atoms with E-state index in [1.807, 2.05) is 24.3 Å². The summed E-state index contributed by atoms with van der Waals surface area (Å²) in [5.74, 6) is 0.329. The molecule has 92 valence electrons. The van der Waals surface area contributed by atoms with E-state index in [2.05, 4.69) is 0 Å². The van der Waals surface area contributed by atoms with Crippen LogP contribution in [-0.2, 0) is 22.1 Å². The highest BCUT2D eigenvalue weighted by Gasteiger charge is 2.11. The second-order valence-electron chi connectivity index (χ2n) is 3.97. The zero-order chi connectivity index (χ0) is 12.5. The summed E-state index contributed by atoms with van der Waals surface area (Å²) in [6.45, 7) is 2.19. The fourth-order valence-corrected chi connectivity index (χ4v) is 4.07. The van der Waals surface area contributed by atoms with E-state index in [1.165, 1.54) is 11.3 Å². The van der Waals surface area contributed by atoms with Crippen molar-refractivity contribution in [2.45, 2.75) is 19.2 Å². The molecular formula is C12H15NO2S2. The molecule has 0 aliphatic rings. The molecule has 0 aliphatic carbocycles. The van der Waals surface area contributed by atoms with Crippen LogP contribution in [0.1, 0.15) is 17.4 Å². The van der Waals surface area contributed by atoms with Gasteiger partial charge < -0.3 is 5.73 Å². The Kier molecular flexibility index (Phi) is 3.51. The molecule has 17 heavy (non-hydrogen) atoms. The monoisotopic (exact) mass is 269 g/mol. The number of thiophene rings is 1. The van der Waals surface area contributed by atoms with E-state index < -0.39 is 9.84 Å². The predicted octanol–water partition coefficient (Wildman–Crippen LogP) is 2.29. The number of sulfone groups is 1. The molecule has 5 heteroatoms. The summed E-state index contributed by atoms with van der Waals surface area (Å²) in [5.41, 5.74) is 6.65. The van der Waals surface area contributed by atoms with Gasteiger partial charge >= 0.3 is 0 Å². The Morgan fingerprint density at radius 1 is 1.29 bits per heavy atom. The van der Waals surface area contributed by atoms with Gasteiger partial charge in [-0.05, 0) is 23.1 Å². The second kappa shape index (κ2) is 4.76. The Hall–Kier alpha value is -0.910. The van der Waals surface area contributed by atoms with Crippen molar-refractivity contribution in [2.24, 2.45) is 5.73 Å². The molecule has 1 aromatic carbocycles. The van der Waals surface area contributed by atoms with Gasteiger partial charge in [0, 0.05) is 21.9 Å². The summed E-state index contributed by atoms with van der Waals surface area (Å²) in [4.78, 5) is 0.899. The maximum Gasteiger partial charge on any atom is 0.154 e. The van der Waals surface area contributed by atoms with Crippen molar-refractivity contribution in [3.8, 4) is 0 Å². The van der Waals surface area contributed by atoms with Crippen LogP contribution in [0.25, 0.3) is 10.1 Å². The zero-order valence-corrected chi connectivity index (χ0v) is 11.3. The maximum absolute atomic E-state index is 11.6. The normalized spacial score (nSPS) is 12.1. The SMILES string of the molecule is CCS(=O)(=O)Cc1cc2ccc(CN)cc2s1. The largest absolute Gasteiger partial charge is 0.326 e. The fraction of sp³-hybridized carbons (Fsp3) is 0.333. The smallest absolute Gasteiger partial charge is 0.154 e. The van der Waals surface area contributed by atoms with Gasteiger partial charge in [0.1, 0.15) is 0 Å². The van der Waals surface area contributed by atoms with Gasteiger partial charge in [0.25, 0.3) is 0 Å². The number of nitrogens with two attached hydrogens (primary N) is 1. The molecule has 2 aromatic rings. The lowest BCUT2D eigenvalue weighted by Gasteiger charge is -1.96. The van der Waals surface area contributed by atoms with Crippen LogP contribution in [0.3, 0.4) is 0 Å². The van der Waals surface area contributed by atoms with E-state index in [1.54, 1.807) is 6.92 Å². The summed E-state index contributed by atoms with van der Waals surface area (Å²) in [5, 5.41) is 1.09. The Bertz CT molecular complexity index is 629. The first-order chi connectivity index (χ1) is 8.04. The van der Waals surface area contributed by atoms with Crippen molar-refractivity contribution < 1.29 is 8.42 Å². The van der Waals surface area contributed by atoms with E-state index in [4.69, 9.17) is 5.73 Å². The van der Waals surface area contributed by atoms with Crippen LogP contribution in [0.2, 0.25) is 0 Å². The van der Waals surface area contributed by atoms with Gasteiger partial charge in [0.2, 0.25) is 0 Å². The molecule has 0 unspecified atom stereocenters. The first-order valence-corrected chi connectivity index (χ1v) is 8.09. The van der Waals surface area contributed by atoms with E-state index in [-0.39, 0.29) is 11.5 Å². The molecule has 0 saturated heterocycles. The van der Waals surface area contributed by atoms with Crippen LogP contribution in [0, 0.1) is 0 Å². The minimum Gasteiger partial charge on any atom is -0.326 e. The van der Waals surface area contributed by atoms with Crippen LogP contribution in [-0.4, -0.2) is 14.2 Å². The average molecular weight is 269 g/mol. The summed E-state index contributed by atoms with van der Waals surface area (Å²) < 4.78 is 24.2. The van der Waals surface area contributed by atoms with Crippen molar-refractivity contribution in [3.05, 3.63) is 34.7 Å². The first kappa shape index (κ1) is 12.5. The van der Waals surface area contributed by atoms with E-state index in [0.29, 0.717) is 6.54 Å². The fourth-order valence-electron chi connectivity index (χ4n) is 1.65. The molecule has 0 amide bonds. The van der Waals surface area contributed by atoms with Gasteiger partial charge in [-0.2, -0.15) is 0 Å². The Labute approximate surface area is 105 Å². The Balaban J connectivity index is 2.38. The molecule has 1 aromatic heterocycles. The van der Waals surface area contributed by atoms with Crippen molar-refractivity contribution in [1.82, 2.24) is 0 Å². The number of hydrogen-bond acceptors (Lipinski definition) is 4. The number of hydrogen-bond donors (Lipinski definition) is 1. The van der Waals surface area contributed by atoms with E-state index in [9.17, 15) is 8.42 Å². The minimum atomic E-state index is -2.95. The number of benzene rings is 1. The minimum absolute atomic E-state index is 0.140. The molecule has 1 heterocycles. The first-order valence-electron chi connectivity index (χ1n) is 5.46. The Morgan fingerprint density at radius 3 is 2.71 bits per heavy atom. The number of rotatable bonds is 4. The highest BCUT2D eigenvalue weighted by Crippen LogP contribution is 2.28. The highest BCUT2D eigenvalue weighted by molar-refractivity contribution is 7.90. The molecule has 0 atom stereocenters. The molecule has 0 bridgehead atoms. The van der Waals surface area contributed by atoms with Crippen LogP contribution in [0.5, 0.6) is 0 Å². The van der Waals surface area contributed by atoms with Crippen LogP contribution < -0.4 is 5.73 Å². The third kappa shape index (κ3) is 2.86. The van der Waals surface area contributed by atoms with E-state index in [0.717, 1.165) is 20.5 Å². The van der Waals surface area contributed by atoms with Gasteiger partial charge in [-0.15, -0.1) is 11.3 Å². The second-order valence-corrected chi connectivity index (χ2v) is 7.49. The van der Waals surface area contributed by atoms with Gasteiger partial charge in [-0.25, -0.2) is 8.42 Å². The molecule has 0 radical (unpaired) electrons. The zero-order valence-electron chi connectivity index (χ0n) is 9.64. The number of fused-ring (bicyclic) bond motifs is 1. The lowest BCUT2D eigenvalue weighted by molar-refractivity contribution is 0.597. The molecule has 0 spiro atoms. The maximum atomic E-state index is 11.6. The van der Waals surface area contributed by atoms with Crippen LogP contribution >= 0.6 is 11.3 Å². The highest BCUT2D eigenvalue weighted by atomic mass is 32.2. The van der Waals surface area contributed by atoms with Gasteiger partial charge in [-0.3, -0.25) is 0 Å². The third-order valence-electron chi connectivity index (χ3n) is 2.67. The van der Waals surface area contributed by atoms with Crippen molar-refractivity contribution >= 4 is 31.3 Å². The van der Waals surface area contributed by atoms with E-state index >= 15 is 0 Å². The topological polar surface area (TPSA) is 60.2 Å². The molecule has 0 aliphatic heterocycles. The van der Waals surface area contributed by atoms with Gasteiger partial charge in [-0.1, -0.05) is 19.1 Å². The molecule has 2 N–H and O–H groups in total. The summed E-state index contributed by atoms with van der Waals surface area (Å²) in [6.07, 6.45) is 0. The average Bonchev–Trinajstić information content (AvgIpc) is 2.68. The summed E-state index contributed by atoms with van der Waals surface area (Å²) in [7, 11) is -2.95. The molecule has 3 nitrogen and oxygen atoms in total. The quantitative estimate of drug-likeness (QED) is 0.926. The lowest BCUT2D eigenvalue weighted by Crippen LogP contribution is -2.04. The molecule has 0 fully saturated rings. The predicted molar refractivity (Wildman–Crippen MR) is 72.9 cm³/mol. The lowest BCUT2D eigenvalue weighted by atomic mass is 10.2. The van der Waals surface area contributed by atoms with Crippen molar-refractivity contribution in [3.63, 3.8) is 0 Å². The third-order valence-corrected chi connectivity index (χ3v) is 5.58. The summed E-state index contributed by atoms with van der Waals surface area (Å²) >= 11 is 1.53. The van der Waals surface area contributed by atoms with Crippen molar-refractivity contribution in [2.75, 3.05) is 5.75 Å². The van der Waals surface area contributed by atoms with Gasteiger partial charge in [0.05, 0.1) is 5.75 Å². The standard InChI is InChI=1S/C12H15NO2S2/c1-2-17(14,15)8-11-6-10-4-3-9(7-13)5-12(10)16-11/h3-6H,2,7-8,13H2,1H3. The Morgan fingerprint density at radius 2 is 2.06 bits per heavy atom. The van der Waals surface area contributed by atoms with Crippen LogP contribution in [0.15, 0.2) is 24.3 Å². The van der Waals surface area contributed by atoms with Crippen molar-refractivity contribution in [1.29, 1.82) is 0 Å². The summed E-state index contributed by atoms with van der Waals surface area (Å²) in [6, 6.07) is 7.96.